The van der Waals surface area contributed by atoms with E-state index in [1.54, 1.807) is 0 Å². The van der Waals surface area contributed by atoms with Crippen molar-refractivity contribution in [2.24, 2.45) is 0 Å². The molecule has 0 atom stereocenters. The Morgan fingerprint density at radius 2 is 2.11 bits per heavy atom. The number of nitrogens with zero attached hydrogens (tertiary/aromatic N) is 2. The molecule has 0 saturated heterocycles. The van der Waals surface area contributed by atoms with Gasteiger partial charge in [-0.3, -0.25) is 19.7 Å². The minimum Gasteiger partial charge on any atom is -0.464 e. The van der Waals surface area contributed by atoms with Gasteiger partial charge in [0.15, 0.2) is 0 Å². The summed E-state index contributed by atoms with van der Waals surface area (Å²) < 4.78 is 4.72. The second-order valence-corrected chi connectivity index (χ2v) is 3.87. The molecule has 0 bridgehead atoms. The van der Waals surface area contributed by atoms with E-state index in [1.807, 2.05) is 0 Å². The summed E-state index contributed by atoms with van der Waals surface area (Å²) in [5.74, 6) is -0.785. The summed E-state index contributed by atoms with van der Waals surface area (Å²) in [5, 5.41) is 10.6. The average molecular weight is 266 g/mol. The number of non-ortho nitro benzene ring substituents is 1. The van der Waals surface area contributed by atoms with Crippen LogP contribution in [0.3, 0.4) is 0 Å². The van der Waals surface area contributed by atoms with E-state index in [0.717, 1.165) is 0 Å². The van der Waals surface area contributed by atoms with Gasteiger partial charge in [-0.05, 0) is 6.07 Å². The number of hydrogen-bond acceptors (Lipinski definition) is 5. The van der Waals surface area contributed by atoms with Crippen molar-refractivity contribution in [1.29, 1.82) is 0 Å². The fraction of sp³-hybridized carbons (Fsp3) is 0.333. The van der Waals surface area contributed by atoms with Crippen LogP contribution in [0, 0.1) is 10.1 Å². The molecule has 0 aliphatic carbocycles. The molecule has 1 aromatic rings. The first-order chi connectivity index (χ1) is 8.91. The third-order valence-corrected chi connectivity index (χ3v) is 2.38. The van der Waals surface area contributed by atoms with Gasteiger partial charge >= 0.3 is 5.97 Å². The minimum absolute atomic E-state index is 0.0898. The second-order valence-electron chi connectivity index (χ2n) is 3.87. The lowest BCUT2D eigenvalue weighted by atomic mass is 10.2. The third kappa shape index (κ3) is 4.38. The fourth-order valence-electron chi connectivity index (χ4n) is 1.40. The van der Waals surface area contributed by atoms with Crippen molar-refractivity contribution in [2.75, 3.05) is 20.2 Å². The molecular weight excluding hydrogens is 252 g/mol. The average Bonchev–Trinajstić information content (AvgIpc) is 2.37. The highest BCUT2D eigenvalue weighted by molar-refractivity contribution is 5.94. The molecule has 0 spiro atoms. The van der Waals surface area contributed by atoms with E-state index in [0.29, 0.717) is 0 Å². The maximum atomic E-state index is 12.0. The van der Waals surface area contributed by atoms with Gasteiger partial charge < -0.3 is 9.64 Å². The summed E-state index contributed by atoms with van der Waals surface area (Å²) in [6, 6.07) is 5.48. The van der Waals surface area contributed by atoms with E-state index < -0.39 is 10.9 Å². The lowest BCUT2D eigenvalue weighted by Gasteiger charge is -2.16. The summed E-state index contributed by atoms with van der Waals surface area (Å²) in [6.45, 7) is 1.59. The molecule has 0 aliphatic heterocycles. The fourth-order valence-corrected chi connectivity index (χ4v) is 1.40. The van der Waals surface area contributed by atoms with Gasteiger partial charge in [0.1, 0.15) is 6.61 Å². The third-order valence-electron chi connectivity index (χ3n) is 2.38. The zero-order chi connectivity index (χ0) is 14.4. The largest absolute Gasteiger partial charge is 0.464 e. The van der Waals surface area contributed by atoms with Gasteiger partial charge in [-0.25, -0.2) is 0 Å². The van der Waals surface area contributed by atoms with Gasteiger partial charge in [0.25, 0.3) is 11.6 Å². The van der Waals surface area contributed by atoms with Gasteiger partial charge in [0.05, 0.1) is 11.5 Å². The van der Waals surface area contributed by atoms with E-state index in [2.05, 4.69) is 0 Å². The Kier molecular flexibility index (Phi) is 4.99. The van der Waals surface area contributed by atoms with E-state index >= 15 is 0 Å². The summed E-state index contributed by atoms with van der Waals surface area (Å²) in [7, 11) is 1.53. The van der Waals surface area contributed by atoms with Crippen LogP contribution in [0.15, 0.2) is 24.3 Å². The van der Waals surface area contributed by atoms with Crippen LogP contribution in [0.1, 0.15) is 17.3 Å². The first kappa shape index (κ1) is 14.6. The maximum absolute atomic E-state index is 12.0. The first-order valence-electron chi connectivity index (χ1n) is 5.55. The maximum Gasteiger partial charge on any atom is 0.302 e. The Balaban J connectivity index is 2.68. The molecule has 0 fully saturated rings. The predicted octanol–water partition coefficient (Wildman–Crippen LogP) is 1.23. The number of likely N-dealkylation sites (N-methyl/N-ethyl adjacent to an activating group) is 1. The number of carbonyl (C=O) groups excluding carboxylic acids is 2. The lowest BCUT2D eigenvalue weighted by Crippen LogP contribution is -2.30. The van der Waals surface area contributed by atoms with Crippen LogP contribution >= 0.6 is 0 Å². The number of ether oxygens (including phenoxy) is 1. The summed E-state index contributed by atoms with van der Waals surface area (Å²) in [4.78, 5) is 33.9. The molecule has 0 radical (unpaired) electrons. The van der Waals surface area contributed by atoms with Crippen molar-refractivity contribution in [1.82, 2.24) is 4.90 Å². The Hall–Kier alpha value is -2.44. The van der Waals surface area contributed by atoms with Crippen molar-refractivity contribution in [3.05, 3.63) is 39.9 Å². The highest BCUT2D eigenvalue weighted by Crippen LogP contribution is 2.14. The number of nitro groups is 1. The Morgan fingerprint density at radius 1 is 1.42 bits per heavy atom. The van der Waals surface area contributed by atoms with Crippen LogP contribution in [-0.4, -0.2) is 41.9 Å². The molecule has 1 rings (SSSR count). The number of carbonyl (C=O) groups is 2. The first-order valence-corrected chi connectivity index (χ1v) is 5.55. The molecule has 1 aromatic carbocycles. The van der Waals surface area contributed by atoms with Crippen molar-refractivity contribution in [3.8, 4) is 0 Å². The highest BCUT2D eigenvalue weighted by Gasteiger charge is 2.15. The van der Waals surface area contributed by atoms with E-state index in [9.17, 15) is 19.7 Å². The van der Waals surface area contributed by atoms with Gasteiger partial charge in [-0.1, -0.05) is 6.07 Å². The van der Waals surface area contributed by atoms with E-state index in [1.165, 1.54) is 43.1 Å². The van der Waals surface area contributed by atoms with Gasteiger partial charge in [0.2, 0.25) is 0 Å². The summed E-state index contributed by atoms with van der Waals surface area (Å²) >= 11 is 0. The van der Waals surface area contributed by atoms with Crippen molar-refractivity contribution >= 4 is 17.6 Å². The summed E-state index contributed by atoms with van der Waals surface area (Å²) in [6.07, 6.45) is 0. The second kappa shape index (κ2) is 6.48. The topological polar surface area (TPSA) is 89.8 Å². The molecule has 0 aliphatic rings. The van der Waals surface area contributed by atoms with Gasteiger partial charge in [0, 0.05) is 31.7 Å². The number of esters is 1. The molecule has 0 unspecified atom stereocenters. The van der Waals surface area contributed by atoms with Crippen LogP contribution in [0.4, 0.5) is 5.69 Å². The SMILES string of the molecule is CC(=O)OCCN(C)C(=O)c1cccc([N+](=O)[O-])c1. The number of benzene rings is 1. The molecule has 7 nitrogen and oxygen atoms in total. The van der Waals surface area contributed by atoms with Crippen LogP contribution in [0.25, 0.3) is 0 Å². The molecule has 1 amide bonds. The van der Waals surface area contributed by atoms with E-state index in [-0.39, 0.29) is 30.3 Å². The van der Waals surface area contributed by atoms with Gasteiger partial charge in [-0.2, -0.15) is 0 Å². The van der Waals surface area contributed by atoms with Crippen molar-refractivity contribution in [3.63, 3.8) is 0 Å². The van der Waals surface area contributed by atoms with Crippen LogP contribution in [0.2, 0.25) is 0 Å². The van der Waals surface area contributed by atoms with E-state index in [4.69, 9.17) is 4.74 Å². The smallest absolute Gasteiger partial charge is 0.302 e. The Bertz CT molecular complexity index is 501. The molecular formula is C12H14N2O5. The minimum atomic E-state index is -0.560. The quantitative estimate of drug-likeness (QED) is 0.454. The van der Waals surface area contributed by atoms with Crippen molar-refractivity contribution in [2.45, 2.75) is 6.92 Å². The normalized spacial score (nSPS) is 9.79. The molecule has 102 valence electrons. The molecule has 19 heavy (non-hydrogen) atoms. The molecule has 7 heteroatoms. The van der Waals surface area contributed by atoms with Crippen LogP contribution in [0.5, 0.6) is 0 Å². The number of nitro benzene ring substituents is 1. The Morgan fingerprint density at radius 3 is 2.68 bits per heavy atom. The molecule has 0 N–H and O–H groups in total. The summed E-state index contributed by atoms with van der Waals surface area (Å²) in [5.41, 5.74) is 0.0822. The van der Waals surface area contributed by atoms with Gasteiger partial charge in [-0.15, -0.1) is 0 Å². The van der Waals surface area contributed by atoms with Crippen LogP contribution in [-0.2, 0) is 9.53 Å². The number of hydrogen-bond donors (Lipinski definition) is 0. The number of amides is 1. The predicted molar refractivity (Wildman–Crippen MR) is 66.7 cm³/mol. The standard InChI is InChI=1S/C12H14N2O5/c1-9(15)19-7-6-13(2)12(16)10-4-3-5-11(8-10)14(17)18/h3-5,8H,6-7H2,1-2H3. The highest BCUT2D eigenvalue weighted by atomic mass is 16.6. The molecule has 0 aromatic heterocycles. The van der Waals surface area contributed by atoms with Crippen LogP contribution < -0.4 is 0 Å². The zero-order valence-corrected chi connectivity index (χ0v) is 10.7. The molecule has 0 saturated carbocycles. The monoisotopic (exact) mass is 266 g/mol. The number of rotatable bonds is 5. The molecule has 0 heterocycles. The zero-order valence-electron chi connectivity index (χ0n) is 10.7. The lowest BCUT2D eigenvalue weighted by molar-refractivity contribution is -0.384. The Labute approximate surface area is 109 Å². The van der Waals surface area contributed by atoms with Crippen molar-refractivity contribution < 1.29 is 19.2 Å².